The van der Waals surface area contributed by atoms with Gasteiger partial charge >= 0.3 is 0 Å². The molecule has 1 N–H and O–H groups in total. The predicted octanol–water partition coefficient (Wildman–Crippen LogP) is 3.49. The molecule has 162 valence electrons. The summed E-state index contributed by atoms with van der Waals surface area (Å²) in [5.41, 5.74) is 1.05. The minimum absolute atomic E-state index is 0.0466. The first-order chi connectivity index (χ1) is 14.1. The Morgan fingerprint density at radius 1 is 1.20 bits per heavy atom. The van der Waals surface area contributed by atoms with Crippen molar-refractivity contribution >= 4 is 33.0 Å². The highest BCUT2D eigenvalue weighted by Gasteiger charge is 2.21. The van der Waals surface area contributed by atoms with Gasteiger partial charge in [0, 0.05) is 19.0 Å². The minimum Gasteiger partial charge on any atom is -0.492 e. The summed E-state index contributed by atoms with van der Waals surface area (Å²) >= 11 is 0. The number of para-hydroxylation sites is 2. The molecule has 0 bridgehead atoms. The first kappa shape index (κ1) is 23.1. The van der Waals surface area contributed by atoms with Crippen LogP contribution in [-0.2, 0) is 14.8 Å². The van der Waals surface area contributed by atoms with Crippen molar-refractivity contribution in [3.8, 4) is 5.75 Å². The molecule has 0 saturated heterocycles. The molecule has 9 nitrogen and oxygen atoms in total. The number of nitro groups is 1. The maximum absolute atomic E-state index is 12.3. The maximum Gasteiger partial charge on any atom is 0.274 e. The number of sulfonamides is 1. The molecule has 0 atom stereocenters. The van der Waals surface area contributed by atoms with E-state index < -0.39 is 14.9 Å². The molecular weight excluding hydrogens is 410 g/mol. The van der Waals surface area contributed by atoms with Crippen LogP contribution < -0.4 is 14.4 Å². The fourth-order valence-corrected chi connectivity index (χ4v) is 3.93. The van der Waals surface area contributed by atoms with Gasteiger partial charge in [-0.05, 0) is 38.5 Å². The van der Waals surface area contributed by atoms with E-state index in [0.717, 1.165) is 6.26 Å². The van der Waals surface area contributed by atoms with Crippen LogP contribution in [0.1, 0.15) is 25.3 Å². The van der Waals surface area contributed by atoms with Crippen LogP contribution in [-0.4, -0.2) is 38.7 Å². The zero-order valence-corrected chi connectivity index (χ0v) is 17.9. The molecule has 2 aromatic carbocycles. The van der Waals surface area contributed by atoms with Crippen LogP contribution in [0.25, 0.3) is 0 Å². The van der Waals surface area contributed by atoms with E-state index in [9.17, 15) is 23.3 Å². The number of hydrogen-bond acceptors (Lipinski definition) is 6. The largest absolute Gasteiger partial charge is 0.492 e. The maximum atomic E-state index is 12.3. The number of carbonyl (C=O) groups excluding carboxylic acids is 1. The molecule has 1 amide bonds. The molecule has 10 heteroatoms. The molecule has 0 fully saturated rings. The van der Waals surface area contributed by atoms with E-state index in [0.29, 0.717) is 29.3 Å². The van der Waals surface area contributed by atoms with Crippen molar-refractivity contribution in [2.24, 2.45) is 0 Å². The smallest absolute Gasteiger partial charge is 0.274 e. The summed E-state index contributed by atoms with van der Waals surface area (Å²) in [4.78, 5) is 22.8. The fourth-order valence-electron chi connectivity index (χ4n) is 2.96. The molecule has 0 saturated carbocycles. The molecule has 0 aliphatic carbocycles. The highest BCUT2D eigenvalue weighted by atomic mass is 32.2. The van der Waals surface area contributed by atoms with Gasteiger partial charge in [0.1, 0.15) is 5.75 Å². The van der Waals surface area contributed by atoms with Crippen LogP contribution >= 0.6 is 0 Å². The molecule has 0 heterocycles. The zero-order valence-electron chi connectivity index (χ0n) is 17.1. The highest BCUT2D eigenvalue weighted by molar-refractivity contribution is 7.92. The Morgan fingerprint density at radius 3 is 2.53 bits per heavy atom. The van der Waals surface area contributed by atoms with E-state index in [4.69, 9.17) is 4.74 Å². The van der Waals surface area contributed by atoms with Gasteiger partial charge in [0.05, 0.1) is 34.7 Å². The third-order valence-corrected chi connectivity index (χ3v) is 5.56. The first-order valence-electron chi connectivity index (χ1n) is 9.38. The summed E-state index contributed by atoms with van der Waals surface area (Å²) in [6.45, 7) is 3.84. The number of nitro benzene ring substituents is 1. The Balaban J connectivity index is 2.07. The van der Waals surface area contributed by atoms with E-state index in [1.165, 1.54) is 16.4 Å². The summed E-state index contributed by atoms with van der Waals surface area (Å²) in [7, 11) is -3.59. The second kappa shape index (κ2) is 10.1. The van der Waals surface area contributed by atoms with Gasteiger partial charge in [-0.1, -0.05) is 18.2 Å². The van der Waals surface area contributed by atoms with Gasteiger partial charge in [-0.15, -0.1) is 0 Å². The zero-order chi connectivity index (χ0) is 22.3. The molecule has 0 aliphatic rings. The molecule has 0 spiro atoms. The number of carbonyl (C=O) groups is 1. The Hall–Kier alpha value is -3.14. The topological polar surface area (TPSA) is 119 Å². The molecule has 30 heavy (non-hydrogen) atoms. The second-order valence-electron chi connectivity index (χ2n) is 6.59. The SMILES string of the molecule is CCOc1ccccc1N(CCCC(=O)Nc1cccc([N+](=O)[O-])c1C)S(C)(=O)=O. The number of nitrogens with one attached hydrogen (secondary N) is 1. The summed E-state index contributed by atoms with van der Waals surface area (Å²) < 4.78 is 31.3. The van der Waals surface area contributed by atoms with E-state index in [1.807, 2.05) is 6.92 Å². The van der Waals surface area contributed by atoms with Gasteiger partial charge in [0.15, 0.2) is 0 Å². The molecule has 0 radical (unpaired) electrons. The third-order valence-electron chi connectivity index (χ3n) is 4.38. The lowest BCUT2D eigenvalue weighted by Gasteiger charge is -2.24. The van der Waals surface area contributed by atoms with Gasteiger partial charge in [0.25, 0.3) is 5.69 Å². The van der Waals surface area contributed by atoms with Gasteiger partial charge < -0.3 is 10.1 Å². The van der Waals surface area contributed by atoms with Crippen molar-refractivity contribution < 1.29 is 22.9 Å². The number of hydrogen-bond donors (Lipinski definition) is 1. The van der Waals surface area contributed by atoms with Gasteiger partial charge in [-0.3, -0.25) is 19.2 Å². The Kier molecular flexibility index (Phi) is 7.76. The summed E-state index contributed by atoms with van der Waals surface area (Å²) in [6, 6.07) is 11.3. The number of ether oxygens (including phenoxy) is 1. The number of anilines is 2. The minimum atomic E-state index is -3.59. The van der Waals surface area contributed by atoms with Crippen LogP contribution in [0.3, 0.4) is 0 Å². The van der Waals surface area contributed by atoms with E-state index in [1.54, 1.807) is 37.3 Å². The molecule has 0 aliphatic heterocycles. The quantitative estimate of drug-likeness (QED) is 0.451. The lowest BCUT2D eigenvalue weighted by atomic mass is 10.1. The lowest BCUT2D eigenvalue weighted by Crippen LogP contribution is -2.32. The Morgan fingerprint density at radius 2 is 1.90 bits per heavy atom. The van der Waals surface area contributed by atoms with Gasteiger partial charge in [-0.25, -0.2) is 8.42 Å². The molecule has 2 rings (SSSR count). The van der Waals surface area contributed by atoms with Crippen molar-refractivity contribution in [1.29, 1.82) is 0 Å². The monoisotopic (exact) mass is 435 g/mol. The van der Waals surface area contributed by atoms with Gasteiger partial charge in [-0.2, -0.15) is 0 Å². The van der Waals surface area contributed by atoms with Crippen LogP contribution in [0.15, 0.2) is 42.5 Å². The van der Waals surface area contributed by atoms with Crippen LogP contribution in [0.2, 0.25) is 0 Å². The molecule has 0 aromatic heterocycles. The van der Waals surface area contributed by atoms with E-state index in [-0.39, 0.29) is 31.0 Å². The molecule has 2 aromatic rings. The highest BCUT2D eigenvalue weighted by Crippen LogP contribution is 2.30. The van der Waals surface area contributed by atoms with E-state index in [2.05, 4.69) is 5.32 Å². The first-order valence-corrected chi connectivity index (χ1v) is 11.2. The standard InChI is InChI=1S/C20H25N3O6S/c1-4-29-19-12-6-5-10-18(19)22(30(3,27)28)14-8-13-20(24)21-16-9-7-11-17(15(16)2)23(25)26/h5-7,9-12H,4,8,13-14H2,1-3H3,(H,21,24). The van der Waals surface area contributed by atoms with Crippen molar-refractivity contribution in [3.63, 3.8) is 0 Å². The average Bonchev–Trinajstić information content (AvgIpc) is 2.67. The number of benzene rings is 2. The number of amides is 1. The van der Waals surface area contributed by atoms with Gasteiger partial charge in [0.2, 0.25) is 15.9 Å². The number of rotatable bonds is 10. The van der Waals surface area contributed by atoms with Crippen molar-refractivity contribution in [2.45, 2.75) is 26.7 Å². The van der Waals surface area contributed by atoms with Crippen molar-refractivity contribution in [3.05, 3.63) is 58.1 Å². The van der Waals surface area contributed by atoms with Crippen LogP contribution in [0.5, 0.6) is 5.75 Å². The third kappa shape index (κ3) is 5.93. The van der Waals surface area contributed by atoms with Crippen molar-refractivity contribution in [2.75, 3.05) is 29.0 Å². The van der Waals surface area contributed by atoms with Crippen LogP contribution in [0, 0.1) is 17.0 Å². The molecular formula is C20H25N3O6S. The lowest BCUT2D eigenvalue weighted by molar-refractivity contribution is -0.385. The average molecular weight is 436 g/mol. The van der Waals surface area contributed by atoms with Crippen molar-refractivity contribution in [1.82, 2.24) is 0 Å². The normalized spacial score (nSPS) is 11.0. The number of nitrogens with zero attached hydrogens (tertiary/aromatic N) is 2. The predicted molar refractivity (Wildman–Crippen MR) is 115 cm³/mol. The fraction of sp³-hybridized carbons (Fsp3) is 0.350. The summed E-state index contributed by atoms with van der Waals surface area (Å²) in [6.07, 6.45) is 1.40. The summed E-state index contributed by atoms with van der Waals surface area (Å²) in [5, 5.41) is 13.7. The summed E-state index contributed by atoms with van der Waals surface area (Å²) in [5.74, 6) is 0.0900. The Bertz CT molecular complexity index is 1020. The Labute approximate surface area is 175 Å². The molecule has 0 unspecified atom stereocenters. The van der Waals surface area contributed by atoms with Crippen LogP contribution in [0.4, 0.5) is 17.1 Å². The van der Waals surface area contributed by atoms with E-state index >= 15 is 0 Å². The second-order valence-corrected chi connectivity index (χ2v) is 8.50.